The number of fused-ring (bicyclic) bond motifs is 2. The monoisotopic (exact) mass is 959 g/mol. The topological polar surface area (TPSA) is 237 Å². The first-order chi connectivity index (χ1) is 30.5. The van der Waals surface area contributed by atoms with Crippen LogP contribution in [0.15, 0.2) is 94.4 Å². The lowest BCUT2D eigenvalue weighted by Gasteiger charge is -2.27. The number of carbonyl (C=O) groups excluding carboxylic acids is 2. The van der Waals surface area contributed by atoms with E-state index in [-0.39, 0.29) is 34.8 Å². The number of benzene rings is 2. The van der Waals surface area contributed by atoms with Gasteiger partial charge >= 0.3 is 6.09 Å². The highest BCUT2D eigenvalue weighted by Crippen LogP contribution is 2.48. The lowest BCUT2D eigenvalue weighted by atomic mass is 9.81. The average Bonchev–Trinajstić information content (AvgIpc) is 3.54. The predicted octanol–water partition coefficient (Wildman–Crippen LogP) is 7.31. The van der Waals surface area contributed by atoms with Gasteiger partial charge in [0.1, 0.15) is 12.6 Å². The van der Waals surface area contributed by atoms with Crippen molar-refractivity contribution >= 4 is 59.4 Å². The second-order valence-corrected chi connectivity index (χ2v) is 22.0. The molecule has 356 valence electrons. The third kappa shape index (κ3) is 13.9. The molecule has 2 aromatic carbocycles. The van der Waals surface area contributed by atoms with Crippen LogP contribution in [0.2, 0.25) is 0 Å². The van der Waals surface area contributed by atoms with Gasteiger partial charge in [-0.3, -0.25) is 18.5 Å². The van der Waals surface area contributed by atoms with E-state index in [1.165, 1.54) is 24.3 Å². The number of amides is 2. The lowest BCUT2D eigenvalue weighted by Crippen LogP contribution is -2.32. The zero-order valence-electron chi connectivity index (χ0n) is 37.5. The van der Waals surface area contributed by atoms with Crippen molar-refractivity contribution in [3.05, 3.63) is 95.8 Å². The predicted molar refractivity (Wildman–Crippen MR) is 250 cm³/mol. The zero-order chi connectivity index (χ0) is 47.6. The molecular formula is C46H63N4O12S3+. The Bertz CT molecular complexity index is 2580. The van der Waals surface area contributed by atoms with Crippen molar-refractivity contribution in [2.75, 3.05) is 36.8 Å². The first-order valence-corrected chi connectivity index (χ1v) is 26.5. The first kappa shape index (κ1) is 51.3. The van der Waals surface area contributed by atoms with E-state index >= 15 is 0 Å². The van der Waals surface area contributed by atoms with Crippen molar-refractivity contribution in [3.63, 3.8) is 0 Å². The van der Waals surface area contributed by atoms with Gasteiger partial charge < -0.3 is 20.3 Å². The normalized spacial score (nSPS) is 19.1. The molecule has 3 aliphatic rings. The molecule has 0 saturated heterocycles. The summed E-state index contributed by atoms with van der Waals surface area (Å²) < 4.78 is 108. The van der Waals surface area contributed by atoms with Crippen molar-refractivity contribution in [1.29, 1.82) is 0 Å². The van der Waals surface area contributed by atoms with Crippen LogP contribution >= 0.6 is 0 Å². The summed E-state index contributed by atoms with van der Waals surface area (Å²) in [5.74, 6) is -0.548. The number of rotatable bonds is 20. The van der Waals surface area contributed by atoms with Gasteiger partial charge in [0.2, 0.25) is 11.6 Å². The van der Waals surface area contributed by atoms with Crippen molar-refractivity contribution < 1.29 is 57.8 Å². The fourth-order valence-electron chi connectivity index (χ4n) is 8.64. The van der Waals surface area contributed by atoms with E-state index in [1.807, 2.05) is 50.5 Å². The largest absolute Gasteiger partial charge is 0.446 e. The summed E-state index contributed by atoms with van der Waals surface area (Å²) in [6, 6.07) is 8.79. The average molecular weight is 960 g/mol. The molecule has 0 radical (unpaired) electrons. The Labute approximate surface area is 383 Å². The van der Waals surface area contributed by atoms with Gasteiger partial charge in [0.05, 0.1) is 21.0 Å². The molecule has 0 saturated carbocycles. The number of anilines is 1. The Hall–Kier alpha value is -4.66. The SMILES string of the molecule is CC1(C)C(=CC=CC=CC2=[N+](CCCS(=O)(=O)O)c3ccc(S(=O)(=O)O)cc3C2(C)C)N(CCCCCC(=O)NCCCNC(=O)OC2CCC=CCCC2)c2ccc(S(=O)(=O)O)cc21. The molecule has 1 unspecified atom stereocenters. The van der Waals surface area contributed by atoms with E-state index in [1.54, 1.807) is 24.3 Å². The van der Waals surface area contributed by atoms with E-state index in [9.17, 15) is 48.5 Å². The molecule has 2 heterocycles. The molecule has 0 aromatic heterocycles. The molecule has 2 aromatic rings. The summed E-state index contributed by atoms with van der Waals surface area (Å²) >= 11 is 0. The minimum Gasteiger partial charge on any atom is -0.446 e. The van der Waals surface area contributed by atoms with Gasteiger partial charge in [-0.05, 0) is 107 Å². The fraction of sp³-hybridized carbons (Fsp3) is 0.500. The number of ether oxygens (including phenoxy) is 1. The van der Waals surface area contributed by atoms with E-state index in [0.29, 0.717) is 62.1 Å². The molecule has 16 nitrogen and oxygen atoms in total. The molecule has 1 aliphatic carbocycles. The molecule has 19 heteroatoms. The summed E-state index contributed by atoms with van der Waals surface area (Å²) in [5.41, 5.74) is 2.89. The van der Waals surface area contributed by atoms with Crippen LogP contribution in [0.3, 0.4) is 0 Å². The summed E-state index contributed by atoms with van der Waals surface area (Å²) in [4.78, 5) is 26.4. The molecule has 65 heavy (non-hydrogen) atoms. The van der Waals surface area contributed by atoms with Crippen LogP contribution in [0.1, 0.15) is 109 Å². The smallest absolute Gasteiger partial charge is 0.407 e. The molecule has 0 bridgehead atoms. The van der Waals surface area contributed by atoms with Crippen molar-refractivity contribution in [2.45, 2.75) is 125 Å². The van der Waals surface area contributed by atoms with Gasteiger partial charge in [0.25, 0.3) is 30.4 Å². The minimum atomic E-state index is -4.50. The highest BCUT2D eigenvalue weighted by molar-refractivity contribution is 7.86. The van der Waals surface area contributed by atoms with E-state index in [4.69, 9.17) is 4.74 Å². The number of allylic oxidation sites excluding steroid dienone is 8. The number of hydrogen-bond acceptors (Lipinski definition) is 10. The van der Waals surface area contributed by atoms with Gasteiger partial charge in [-0.2, -0.15) is 29.8 Å². The van der Waals surface area contributed by atoms with Crippen molar-refractivity contribution in [3.8, 4) is 0 Å². The standard InChI is InChI=1S/C46H62N4O12S3/c1-45(2)37-32-35(64(56,57)58)23-25-39(37)49(29-15-9-14-22-43(51)47-27-16-28-48-44(52)62-34-18-10-6-5-7-11-19-34)41(45)20-12-8-13-21-42-46(3,4)38-33-36(65(59,60)61)24-26-40(38)50(42)30-17-31-63(53,54)55/h5-6,8,12-13,20-21,23-26,32-34H,7,9-11,14-19,22,27-31H2,1-4H3,(H4-,47,48,51,52,53,54,55,56,57,58,59,60,61)/p+1. The summed E-state index contributed by atoms with van der Waals surface area (Å²) in [7, 11) is -13.2. The summed E-state index contributed by atoms with van der Waals surface area (Å²) in [5, 5.41) is 5.68. The van der Waals surface area contributed by atoms with Gasteiger partial charge in [-0.1, -0.05) is 50.6 Å². The molecule has 2 aliphatic heterocycles. The quantitative estimate of drug-likeness (QED) is 0.0288. The maximum Gasteiger partial charge on any atom is 0.407 e. The van der Waals surface area contributed by atoms with Crippen LogP contribution in [0.5, 0.6) is 0 Å². The number of hydrogen-bond donors (Lipinski definition) is 5. The van der Waals surface area contributed by atoms with Crippen LogP contribution in [-0.2, 0) is 50.7 Å². The Balaban J connectivity index is 1.22. The first-order valence-electron chi connectivity index (χ1n) is 22.0. The van der Waals surface area contributed by atoms with E-state index < -0.39 is 53.0 Å². The molecule has 2 amide bonds. The third-order valence-corrected chi connectivity index (χ3v) is 14.6. The number of nitrogens with zero attached hydrogens (tertiary/aromatic N) is 2. The molecular weight excluding hydrogens is 897 g/mol. The van der Waals surface area contributed by atoms with Crippen molar-refractivity contribution in [1.82, 2.24) is 10.6 Å². The summed E-state index contributed by atoms with van der Waals surface area (Å²) in [6.45, 7) is 9.28. The van der Waals surface area contributed by atoms with Crippen molar-refractivity contribution in [2.24, 2.45) is 0 Å². The maximum absolute atomic E-state index is 12.6. The zero-order valence-corrected chi connectivity index (χ0v) is 40.0. The molecule has 1 atom stereocenters. The lowest BCUT2D eigenvalue weighted by molar-refractivity contribution is -0.437. The Kier molecular flexibility index (Phi) is 17.2. The second kappa shape index (κ2) is 21.8. The number of alkyl carbamates (subject to hydrolysis) is 1. The molecule has 0 spiro atoms. The third-order valence-electron chi connectivity index (χ3n) is 12.1. The van der Waals surface area contributed by atoms with Crippen LogP contribution in [0, 0.1) is 0 Å². The minimum absolute atomic E-state index is 0.0774. The van der Waals surface area contributed by atoms with Crippen LogP contribution < -0.4 is 15.5 Å². The van der Waals surface area contributed by atoms with Crippen LogP contribution in [0.25, 0.3) is 0 Å². The van der Waals surface area contributed by atoms with E-state index in [2.05, 4.69) is 27.7 Å². The molecule has 5 rings (SSSR count). The highest BCUT2D eigenvalue weighted by atomic mass is 32.2. The van der Waals surface area contributed by atoms with Crippen LogP contribution in [-0.4, -0.2) is 99.2 Å². The van der Waals surface area contributed by atoms with Gasteiger partial charge in [-0.15, -0.1) is 0 Å². The fourth-order valence-corrected chi connectivity index (χ4v) is 10.1. The number of unbranched alkanes of at least 4 members (excludes halogenated alkanes) is 2. The maximum atomic E-state index is 12.6. The highest BCUT2D eigenvalue weighted by Gasteiger charge is 2.45. The molecule has 0 fully saturated rings. The Morgan fingerprint density at radius 1 is 0.785 bits per heavy atom. The Morgan fingerprint density at radius 2 is 1.46 bits per heavy atom. The number of nitrogens with one attached hydrogen (secondary N) is 2. The Morgan fingerprint density at radius 3 is 2.17 bits per heavy atom. The number of carbonyl (C=O) groups is 2. The summed E-state index contributed by atoms with van der Waals surface area (Å²) in [6.07, 6.45) is 20.6. The second-order valence-electron chi connectivity index (χ2n) is 17.6. The molecule has 5 N–H and O–H groups in total. The van der Waals surface area contributed by atoms with Gasteiger partial charge in [-0.25, -0.2) is 4.79 Å². The van der Waals surface area contributed by atoms with Crippen LogP contribution in [0.4, 0.5) is 16.2 Å². The van der Waals surface area contributed by atoms with Gasteiger partial charge in [0, 0.05) is 67.0 Å². The van der Waals surface area contributed by atoms with E-state index in [0.717, 1.165) is 55.6 Å². The van der Waals surface area contributed by atoms with Gasteiger partial charge in [0.15, 0.2) is 5.71 Å².